The van der Waals surface area contributed by atoms with E-state index in [2.05, 4.69) is 38.1 Å². The Morgan fingerprint density at radius 1 is 0.583 bits per heavy atom. The lowest BCUT2D eigenvalue weighted by atomic mass is 9.97. The maximum absolute atomic E-state index is 6.19. The average Bonchev–Trinajstić information content (AvgIpc) is 2.88. The van der Waals surface area contributed by atoms with E-state index in [1.165, 1.54) is 153 Å². The van der Waals surface area contributed by atoms with E-state index in [4.69, 9.17) is 4.74 Å². The van der Waals surface area contributed by atoms with E-state index in [9.17, 15) is 0 Å². The molecule has 36 heavy (non-hydrogen) atoms. The van der Waals surface area contributed by atoms with Crippen LogP contribution in [0, 0.1) is 0 Å². The van der Waals surface area contributed by atoms with Gasteiger partial charge in [-0.2, -0.15) is 0 Å². The molecule has 2 rings (SSSR count). The molecule has 1 aromatic rings. The second-order valence-electron chi connectivity index (χ2n) is 11.5. The number of fused-ring (bicyclic) bond motifs is 1. The van der Waals surface area contributed by atoms with Crippen molar-refractivity contribution in [1.82, 2.24) is 0 Å². The molecule has 0 aromatic heterocycles. The summed E-state index contributed by atoms with van der Waals surface area (Å²) in [5.41, 5.74) is 3.18. The van der Waals surface area contributed by atoms with E-state index in [0.29, 0.717) is 0 Å². The summed E-state index contributed by atoms with van der Waals surface area (Å²) >= 11 is 0. The molecule has 0 bridgehead atoms. The summed E-state index contributed by atoms with van der Waals surface area (Å²) in [6, 6.07) is 9.17. The van der Waals surface area contributed by atoms with Crippen molar-refractivity contribution in [2.75, 3.05) is 32.8 Å². The van der Waals surface area contributed by atoms with Crippen LogP contribution in [-0.2, 0) is 17.7 Å². The molecule has 0 radical (unpaired) electrons. The maximum Gasteiger partial charge on any atom is 0.105 e. The van der Waals surface area contributed by atoms with E-state index >= 15 is 0 Å². The predicted octanol–water partition coefficient (Wildman–Crippen LogP) is 6.64. The molecule has 0 amide bonds. The lowest BCUT2D eigenvalue weighted by molar-refractivity contribution is -0.943. The van der Waals surface area contributed by atoms with Gasteiger partial charge in [0.25, 0.3) is 0 Å². The van der Waals surface area contributed by atoms with Crippen molar-refractivity contribution < 1.29 is 33.2 Å². The largest absolute Gasteiger partial charge is 1.00 e. The maximum atomic E-state index is 6.19. The minimum absolute atomic E-state index is 0. The molecule has 0 saturated heterocycles. The molecule has 0 saturated carbocycles. The molecular formula is C33H60INO. The van der Waals surface area contributed by atoms with Gasteiger partial charge < -0.3 is 33.2 Å². The van der Waals surface area contributed by atoms with Gasteiger partial charge in [-0.15, -0.1) is 0 Å². The number of quaternary nitrogens is 1. The molecule has 0 N–H and O–H groups in total. The van der Waals surface area contributed by atoms with Crippen LogP contribution in [0.15, 0.2) is 24.3 Å². The van der Waals surface area contributed by atoms with Gasteiger partial charge in [0.15, 0.2) is 0 Å². The van der Waals surface area contributed by atoms with Crippen LogP contribution in [0.2, 0.25) is 0 Å². The number of ether oxygens (including phenoxy) is 1. The van der Waals surface area contributed by atoms with Crippen molar-refractivity contribution in [2.24, 2.45) is 0 Å². The zero-order valence-corrected chi connectivity index (χ0v) is 26.4. The zero-order chi connectivity index (χ0) is 24.9. The average molecular weight is 614 g/mol. The van der Waals surface area contributed by atoms with E-state index in [0.717, 1.165) is 13.2 Å². The van der Waals surface area contributed by atoms with E-state index < -0.39 is 0 Å². The number of nitrogens with zero attached hydrogens (tertiary/aromatic N) is 1. The number of hydrogen-bond acceptors (Lipinski definition) is 1. The SMILES string of the molecule is CCCCCCCCCCCOCC[N+]1(CCCCCCCCCCC)CCc2ccccc2C1.[I-]. The fourth-order valence-corrected chi connectivity index (χ4v) is 5.88. The molecule has 1 aromatic carbocycles. The first-order chi connectivity index (χ1) is 17.3. The monoisotopic (exact) mass is 613 g/mol. The fraction of sp³-hybridized carbons (Fsp3) is 0.818. The van der Waals surface area contributed by atoms with Crippen molar-refractivity contribution in [3.05, 3.63) is 35.4 Å². The van der Waals surface area contributed by atoms with E-state index in [1.54, 1.807) is 11.1 Å². The van der Waals surface area contributed by atoms with Crippen molar-refractivity contribution in [3.63, 3.8) is 0 Å². The lowest BCUT2D eigenvalue weighted by Gasteiger charge is -2.42. The Kier molecular flexibility index (Phi) is 21.5. The highest BCUT2D eigenvalue weighted by Gasteiger charge is 2.31. The molecule has 0 aliphatic carbocycles. The Bertz CT molecular complexity index is 621. The quantitative estimate of drug-likeness (QED) is 0.0764. The first-order valence-electron chi connectivity index (χ1n) is 15.8. The van der Waals surface area contributed by atoms with Crippen LogP contribution in [0.5, 0.6) is 0 Å². The van der Waals surface area contributed by atoms with Gasteiger partial charge in [-0.1, -0.05) is 134 Å². The first kappa shape index (κ1) is 33.9. The van der Waals surface area contributed by atoms with Gasteiger partial charge in [-0.25, -0.2) is 0 Å². The molecule has 0 spiro atoms. The van der Waals surface area contributed by atoms with Gasteiger partial charge in [0.1, 0.15) is 13.1 Å². The van der Waals surface area contributed by atoms with Crippen LogP contribution in [0.25, 0.3) is 0 Å². The standard InChI is InChI=1S/C33H60NO.HI/c1-3-5-7-9-11-13-15-17-21-26-34(27-25-32-23-19-20-24-33(32)31-34)28-30-35-29-22-18-16-14-12-10-8-6-4-2;/h19-20,23-24H,3-18,21-22,25-31H2,1-2H3;1H/q+1;/p-1. The summed E-state index contributed by atoms with van der Waals surface area (Å²) in [5.74, 6) is 0. The van der Waals surface area contributed by atoms with Crippen LogP contribution in [0.3, 0.4) is 0 Å². The number of unbranched alkanes of at least 4 members (excludes halogenated alkanes) is 16. The number of hydrogen-bond donors (Lipinski definition) is 0. The Hall–Kier alpha value is -0.130. The van der Waals surface area contributed by atoms with Crippen LogP contribution in [0.1, 0.15) is 141 Å². The minimum Gasteiger partial charge on any atom is -1.00 e. The highest BCUT2D eigenvalue weighted by molar-refractivity contribution is 5.27. The Morgan fingerprint density at radius 3 is 1.67 bits per heavy atom. The Morgan fingerprint density at radius 2 is 1.08 bits per heavy atom. The van der Waals surface area contributed by atoms with Crippen LogP contribution < -0.4 is 24.0 Å². The molecule has 1 aliphatic heterocycles. The third-order valence-corrected chi connectivity index (χ3v) is 8.32. The van der Waals surface area contributed by atoms with Gasteiger partial charge in [-0.3, -0.25) is 0 Å². The van der Waals surface area contributed by atoms with Gasteiger partial charge in [0.2, 0.25) is 0 Å². The fourth-order valence-electron chi connectivity index (χ4n) is 5.88. The molecule has 210 valence electrons. The Balaban J connectivity index is 0.00000648. The normalized spacial score (nSPS) is 17.1. The summed E-state index contributed by atoms with van der Waals surface area (Å²) in [5, 5.41) is 0. The van der Waals surface area contributed by atoms with Gasteiger partial charge in [-0.05, 0) is 24.8 Å². The van der Waals surface area contributed by atoms with Crippen molar-refractivity contribution in [3.8, 4) is 0 Å². The number of rotatable bonds is 23. The first-order valence-corrected chi connectivity index (χ1v) is 15.8. The van der Waals surface area contributed by atoms with Crippen LogP contribution >= 0.6 is 0 Å². The molecular weight excluding hydrogens is 553 g/mol. The third kappa shape index (κ3) is 15.3. The highest BCUT2D eigenvalue weighted by Crippen LogP contribution is 2.26. The second-order valence-corrected chi connectivity index (χ2v) is 11.5. The molecule has 3 heteroatoms. The third-order valence-electron chi connectivity index (χ3n) is 8.32. The van der Waals surface area contributed by atoms with Gasteiger partial charge in [0, 0.05) is 18.6 Å². The molecule has 1 heterocycles. The van der Waals surface area contributed by atoms with Gasteiger partial charge in [0.05, 0.1) is 19.7 Å². The lowest BCUT2D eigenvalue weighted by Crippen LogP contribution is -3.00. The summed E-state index contributed by atoms with van der Waals surface area (Å²) in [6.07, 6.45) is 26.5. The summed E-state index contributed by atoms with van der Waals surface area (Å²) in [7, 11) is 0. The van der Waals surface area contributed by atoms with E-state index in [1.807, 2.05) is 0 Å². The van der Waals surface area contributed by atoms with Crippen molar-refractivity contribution >= 4 is 0 Å². The molecule has 1 unspecified atom stereocenters. The van der Waals surface area contributed by atoms with Gasteiger partial charge >= 0.3 is 0 Å². The van der Waals surface area contributed by atoms with Crippen molar-refractivity contribution in [2.45, 2.75) is 142 Å². The molecule has 1 aliphatic rings. The van der Waals surface area contributed by atoms with E-state index in [-0.39, 0.29) is 24.0 Å². The minimum atomic E-state index is 0. The second kappa shape index (κ2) is 22.8. The summed E-state index contributed by atoms with van der Waals surface area (Å²) in [4.78, 5) is 0. The smallest absolute Gasteiger partial charge is 0.105 e. The van der Waals surface area contributed by atoms with Crippen molar-refractivity contribution in [1.29, 1.82) is 0 Å². The Labute approximate surface area is 243 Å². The molecule has 2 nitrogen and oxygen atoms in total. The number of benzene rings is 1. The predicted molar refractivity (Wildman–Crippen MR) is 154 cm³/mol. The topological polar surface area (TPSA) is 9.23 Å². The molecule has 0 fully saturated rings. The summed E-state index contributed by atoms with van der Waals surface area (Å²) in [6.45, 7) is 11.6. The van der Waals surface area contributed by atoms with Crippen LogP contribution in [0.4, 0.5) is 0 Å². The summed E-state index contributed by atoms with van der Waals surface area (Å²) < 4.78 is 7.44. The zero-order valence-electron chi connectivity index (χ0n) is 24.2. The van der Waals surface area contributed by atoms with Crippen LogP contribution in [-0.4, -0.2) is 37.3 Å². The number of halogens is 1. The highest BCUT2D eigenvalue weighted by atomic mass is 127. The molecule has 1 atom stereocenters.